The van der Waals surface area contributed by atoms with Crippen molar-refractivity contribution in [3.05, 3.63) is 94.5 Å². The zero-order valence-corrected chi connectivity index (χ0v) is 20.9. The van der Waals surface area contributed by atoms with E-state index in [0.29, 0.717) is 32.5 Å². The van der Waals surface area contributed by atoms with Crippen LogP contribution in [-0.4, -0.2) is 36.2 Å². The van der Waals surface area contributed by atoms with Crippen molar-refractivity contribution in [3.63, 3.8) is 0 Å². The zero-order chi connectivity index (χ0) is 26.6. The van der Waals surface area contributed by atoms with Crippen LogP contribution in [0.5, 0.6) is 0 Å². The molecule has 4 rings (SSSR count). The molecule has 1 heterocycles. The molecule has 3 aromatic rings. The van der Waals surface area contributed by atoms with Gasteiger partial charge in [0, 0.05) is 31.0 Å². The van der Waals surface area contributed by atoms with Crippen LogP contribution in [-0.2, 0) is 11.8 Å². The van der Waals surface area contributed by atoms with Gasteiger partial charge in [-0.2, -0.15) is 13.2 Å². The lowest BCUT2D eigenvalue weighted by molar-refractivity contribution is -0.137. The van der Waals surface area contributed by atoms with Crippen molar-refractivity contribution in [2.45, 2.75) is 37.5 Å². The molecule has 3 aromatic carbocycles. The fourth-order valence-corrected chi connectivity index (χ4v) is 4.95. The van der Waals surface area contributed by atoms with E-state index in [9.17, 15) is 27.1 Å². The minimum absolute atomic E-state index is 0.234. The Morgan fingerprint density at radius 2 is 1.38 bits per heavy atom. The maximum absolute atomic E-state index is 13.4. The van der Waals surface area contributed by atoms with Gasteiger partial charge in [0.25, 0.3) is 0 Å². The topological polar surface area (TPSA) is 26.7 Å². The number of hydrogen-bond acceptors (Lipinski definition) is 3. The Morgan fingerprint density at radius 3 is 1.89 bits per heavy atom. The smallest absolute Gasteiger partial charge is 0.385 e. The van der Waals surface area contributed by atoms with Crippen LogP contribution >= 0.6 is 11.6 Å². The van der Waals surface area contributed by atoms with Gasteiger partial charge in [-0.15, -0.1) is 0 Å². The average Bonchev–Trinajstić information content (AvgIpc) is 2.86. The van der Waals surface area contributed by atoms with Crippen molar-refractivity contribution >= 4 is 23.0 Å². The molecule has 1 aliphatic heterocycles. The van der Waals surface area contributed by atoms with Crippen LogP contribution in [0.25, 0.3) is 0 Å². The second-order valence-electron chi connectivity index (χ2n) is 9.38. The molecule has 1 aliphatic rings. The van der Waals surface area contributed by atoms with Crippen LogP contribution < -0.4 is 4.90 Å². The molecule has 0 unspecified atom stereocenters. The second kappa shape index (κ2) is 11.4. The number of aliphatic hydroxyl groups is 1. The molecular weight excluding hydrogens is 511 g/mol. The van der Waals surface area contributed by atoms with E-state index in [1.54, 1.807) is 24.3 Å². The summed E-state index contributed by atoms with van der Waals surface area (Å²) >= 11 is 5.73. The van der Waals surface area contributed by atoms with E-state index in [2.05, 4.69) is 4.90 Å². The van der Waals surface area contributed by atoms with Gasteiger partial charge in [0.05, 0.1) is 16.2 Å². The summed E-state index contributed by atoms with van der Waals surface area (Å²) in [6.07, 6.45) is -2.29. The van der Waals surface area contributed by atoms with Crippen molar-refractivity contribution in [2.24, 2.45) is 0 Å². The number of likely N-dealkylation sites (tertiary alicyclic amines) is 1. The molecule has 37 heavy (non-hydrogen) atoms. The molecule has 198 valence electrons. The molecular formula is C28H28ClF5N2O. The van der Waals surface area contributed by atoms with Gasteiger partial charge >= 0.3 is 6.18 Å². The van der Waals surface area contributed by atoms with Crippen LogP contribution in [0.3, 0.4) is 0 Å². The number of unbranched alkanes of at least 4 members (excludes halogenated alkanes) is 1. The van der Waals surface area contributed by atoms with E-state index in [-0.39, 0.29) is 22.2 Å². The van der Waals surface area contributed by atoms with E-state index in [0.717, 1.165) is 36.8 Å². The predicted molar refractivity (Wildman–Crippen MR) is 135 cm³/mol. The van der Waals surface area contributed by atoms with Crippen molar-refractivity contribution in [2.75, 3.05) is 31.1 Å². The zero-order valence-electron chi connectivity index (χ0n) is 20.1. The van der Waals surface area contributed by atoms with E-state index in [1.807, 2.05) is 4.90 Å². The highest BCUT2D eigenvalue weighted by molar-refractivity contribution is 6.31. The van der Waals surface area contributed by atoms with E-state index in [1.165, 1.54) is 36.4 Å². The molecule has 0 radical (unpaired) electrons. The summed E-state index contributed by atoms with van der Waals surface area (Å²) in [5, 5.41) is 10.7. The van der Waals surface area contributed by atoms with E-state index < -0.39 is 17.3 Å². The fraction of sp³-hybridized carbons (Fsp3) is 0.357. The molecule has 0 spiro atoms. The van der Waals surface area contributed by atoms with Gasteiger partial charge < -0.3 is 14.9 Å². The lowest BCUT2D eigenvalue weighted by atomic mass is 9.83. The third-order valence-electron chi connectivity index (χ3n) is 6.87. The summed E-state index contributed by atoms with van der Waals surface area (Å²) in [7, 11) is 0. The molecule has 9 heteroatoms. The molecule has 3 nitrogen and oxygen atoms in total. The first-order chi connectivity index (χ1) is 17.5. The monoisotopic (exact) mass is 538 g/mol. The summed E-state index contributed by atoms with van der Waals surface area (Å²) in [6, 6.07) is 15.9. The molecule has 0 atom stereocenters. The number of rotatable bonds is 8. The summed E-state index contributed by atoms with van der Waals surface area (Å²) in [6.45, 7) is 2.52. The number of benzene rings is 3. The maximum atomic E-state index is 13.4. The molecule has 0 amide bonds. The van der Waals surface area contributed by atoms with Crippen LogP contribution in [0, 0.1) is 11.6 Å². The van der Waals surface area contributed by atoms with Crippen molar-refractivity contribution in [3.8, 4) is 0 Å². The Bertz CT molecular complexity index is 1130. The minimum atomic E-state index is -4.58. The molecule has 1 saturated heterocycles. The summed E-state index contributed by atoms with van der Waals surface area (Å²) < 4.78 is 66.6. The number of halogens is 6. The van der Waals surface area contributed by atoms with Crippen LogP contribution in [0.2, 0.25) is 5.02 Å². The Morgan fingerprint density at radius 1 is 0.838 bits per heavy atom. The molecule has 1 fully saturated rings. The number of hydrogen-bond donors (Lipinski definition) is 1. The van der Waals surface area contributed by atoms with Crippen molar-refractivity contribution in [1.29, 1.82) is 0 Å². The van der Waals surface area contributed by atoms with E-state index >= 15 is 0 Å². The maximum Gasteiger partial charge on any atom is 0.417 e. The Kier molecular flexibility index (Phi) is 8.41. The van der Waals surface area contributed by atoms with Crippen LogP contribution in [0.1, 0.15) is 36.8 Å². The van der Waals surface area contributed by atoms with Gasteiger partial charge in [-0.3, -0.25) is 0 Å². The van der Waals surface area contributed by atoms with Crippen molar-refractivity contribution < 1.29 is 27.1 Å². The van der Waals surface area contributed by atoms with Gasteiger partial charge in [0.2, 0.25) is 0 Å². The van der Waals surface area contributed by atoms with Crippen molar-refractivity contribution in [1.82, 2.24) is 4.90 Å². The lowest BCUT2D eigenvalue weighted by Gasteiger charge is -2.39. The molecule has 1 N–H and O–H groups in total. The number of alkyl halides is 3. The highest BCUT2D eigenvalue weighted by Gasteiger charge is 2.38. The molecule has 0 bridgehead atoms. The normalized spacial score (nSPS) is 16.1. The SMILES string of the molecule is OC1(c2ccc(Cl)c(C(F)(F)F)c2)CCN(CCCCN(c2ccc(F)cc2)c2ccc(F)cc2)CC1. The first-order valence-corrected chi connectivity index (χ1v) is 12.5. The summed E-state index contributed by atoms with van der Waals surface area (Å²) in [5.41, 5.74) is -0.426. The highest BCUT2D eigenvalue weighted by Crippen LogP contribution is 2.40. The van der Waals surface area contributed by atoms with Gasteiger partial charge in [-0.25, -0.2) is 8.78 Å². The number of nitrogens with zero attached hydrogens (tertiary/aromatic N) is 2. The highest BCUT2D eigenvalue weighted by atomic mass is 35.5. The second-order valence-corrected chi connectivity index (χ2v) is 9.78. The largest absolute Gasteiger partial charge is 0.417 e. The Hall–Kier alpha value is -2.68. The fourth-order valence-electron chi connectivity index (χ4n) is 4.72. The van der Waals surface area contributed by atoms with Gasteiger partial charge in [-0.05, 0) is 98.5 Å². The molecule has 0 aliphatic carbocycles. The third kappa shape index (κ3) is 6.80. The van der Waals surface area contributed by atoms with E-state index in [4.69, 9.17) is 11.6 Å². The Labute approximate surface area is 218 Å². The van der Waals surface area contributed by atoms with Gasteiger partial charge in [-0.1, -0.05) is 17.7 Å². The third-order valence-corrected chi connectivity index (χ3v) is 7.20. The summed E-state index contributed by atoms with van der Waals surface area (Å²) in [4.78, 5) is 4.20. The first kappa shape index (κ1) is 27.4. The number of piperidine rings is 1. The van der Waals surface area contributed by atoms with Crippen LogP contribution in [0.15, 0.2) is 66.7 Å². The molecule has 0 saturated carbocycles. The minimum Gasteiger partial charge on any atom is -0.385 e. The van der Waals surface area contributed by atoms with Gasteiger partial charge in [0.1, 0.15) is 11.6 Å². The summed E-state index contributed by atoms with van der Waals surface area (Å²) in [5.74, 6) is -0.665. The standard InChI is InChI=1S/C28H28ClF5N2O/c29-26-12-3-20(19-25(26)28(32,33)34)27(37)13-17-35(18-14-27)15-1-2-16-36(23-8-4-21(30)5-9-23)24-10-6-22(31)7-11-24/h3-12,19,37H,1-2,13-18H2. The number of anilines is 2. The Balaban J connectivity index is 1.32. The lowest BCUT2D eigenvalue weighted by Crippen LogP contribution is -2.43. The first-order valence-electron chi connectivity index (χ1n) is 12.2. The van der Waals surface area contributed by atoms with Gasteiger partial charge in [0.15, 0.2) is 0 Å². The van der Waals surface area contributed by atoms with Crippen LogP contribution in [0.4, 0.5) is 33.3 Å². The average molecular weight is 539 g/mol. The quantitative estimate of drug-likeness (QED) is 0.237. The predicted octanol–water partition coefficient (Wildman–Crippen LogP) is 7.54. The molecule has 0 aromatic heterocycles.